The van der Waals surface area contributed by atoms with Crippen LogP contribution in [0.15, 0.2) is 18.2 Å². The minimum atomic E-state index is -5.17. The number of hydrogen-bond donors (Lipinski definition) is 0. The molecule has 0 unspecified atom stereocenters. The highest BCUT2D eigenvalue weighted by molar-refractivity contribution is 6.00. The molecule has 2 aromatic heterocycles. The van der Waals surface area contributed by atoms with Crippen LogP contribution in [-0.2, 0) is 31.4 Å². The van der Waals surface area contributed by atoms with Crippen molar-refractivity contribution in [2.24, 2.45) is 0 Å². The van der Waals surface area contributed by atoms with Crippen LogP contribution in [0.5, 0.6) is 0 Å². The Morgan fingerprint density at radius 3 is 1.93 bits per heavy atom. The number of nitrogens with zero attached hydrogens (tertiary/aromatic N) is 2. The molecule has 2 aromatic rings. The van der Waals surface area contributed by atoms with E-state index in [2.05, 4.69) is 9.97 Å². The number of esters is 2. The summed E-state index contributed by atoms with van der Waals surface area (Å²) in [5, 5.41) is -0.722. The molecule has 0 saturated carbocycles. The van der Waals surface area contributed by atoms with Gasteiger partial charge in [0.15, 0.2) is 11.6 Å². The Kier molecular flexibility index (Phi) is 6.34. The van der Waals surface area contributed by atoms with E-state index in [9.17, 15) is 35.9 Å². The topological polar surface area (TPSA) is 78.4 Å². The molecule has 2 heterocycles. The second-order valence-electron chi connectivity index (χ2n) is 5.59. The van der Waals surface area contributed by atoms with E-state index in [0.717, 1.165) is 12.1 Å². The zero-order valence-corrected chi connectivity index (χ0v) is 15.0. The quantitative estimate of drug-likeness (QED) is 0.412. The molecule has 0 aromatic carbocycles. The van der Waals surface area contributed by atoms with Crippen LogP contribution in [0, 0.1) is 0 Å². The number of rotatable bonds is 5. The van der Waals surface area contributed by atoms with Crippen molar-refractivity contribution in [2.75, 3.05) is 13.2 Å². The summed E-state index contributed by atoms with van der Waals surface area (Å²) in [5.74, 6) is -4.01. The third-order valence-corrected chi connectivity index (χ3v) is 3.63. The van der Waals surface area contributed by atoms with Crippen molar-refractivity contribution in [3.05, 3.63) is 35.2 Å². The predicted octanol–water partition coefficient (Wildman–Crippen LogP) is 3.88. The van der Waals surface area contributed by atoms with Crippen molar-refractivity contribution in [2.45, 2.75) is 32.1 Å². The van der Waals surface area contributed by atoms with Crippen LogP contribution < -0.4 is 0 Å². The maximum absolute atomic E-state index is 13.2. The lowest BCUT2D eigenvalue weighted by atomic mass is 10.0. The molecule has 0 bridgehead atoms. The first-order valence-corrected chi connectivity index (χ1v) is 8.19. The summed E-state index contributed by atoms with van der Waals surface area (Å²) in [6.07, 6.45) is -10.3. The fourth-order valence-corrected chi connectivity index (χ4v) is 2.45. The Morgan fingerprint density at radius 1 is 0.931 bits per heavy atom. The number of alkyl halides is 6. The van der Waals surface area contributed by atoms with Crippen LogP contribution in [0.25, 0.3) is 11.0 Å². The van der Waals surface area contributed by atoms with Crippen LogP contribution >= 0.6 is 0 Å². The SMILES string of the molecule is CCOC(=O)C(C(=O)OCC)c1ccc2c(C(F)(F)F)cc(C(F)(F)F)nc2n1. The average Bonchev–Trinajstić information content (AvgIpc) is 2.59. The van der Waals surface area contributed by atoms with E-state index in [4.69, 9.17) is 9.47 Å². The molecule has 0 aliphatic heterocycles. The second-order valence-corrected chi connectivity index (χ2v) is 5.59. The largest absolute Gasteiger partial charge is 0.465 e. The van der Waals surface area contributed by atoms with Gasteiger partial charge in [-0.25, -0.2) is 9.97 Å². The first kappa shape index (κ1) is 22.4. The molecule has 0 N–H and O–H groups in total. The number of hydrogen-bond acceptors (Lipinski definition) is 6. The molecule has 0 fully saturated rings. The van der Waals surface area contributed by atoms with Crippen LogP contribution in [0.2, 0.25) is 0 Å². The number of fused-ring (bicyclic) bond motifs is 1. The number of carbonyl (C=O) groups excluding carboxylic acids is 2. The van der Waals surface area contributed by atoms with Crippen molar-refractivity contribution >= 4 is 23.0 Å². The summed E-state index contributed by atoms with van der Waals surface area (Å²) in [7, 11) is 0. The van der Waals surface area contributed by atoms with Gasteiger partial charge in [0.25, 0.3) is 0 Å². The molecular formula is C17H14F6N2O4. The summed E-state index contributed by atoms with van der Waals surface area (Å²) < 4.78 is 88.1. The highest BCUT2D eigenvalue weighted by Crippen LogP contribution is 2.38. The van der Waals surface area contributed by atoms with Crippen molar-refractivity contribution in [3.63, 3.8) is 0 Å². The van der Waals surface area contributed by atoms with Gasteiger partial charge in [-0.3, -0.25) is 9.59 Å². The zero-order chi connectivity index (χ0) is 22.0. The predicted molar refractivity (Wildman–Crippen MR) is 85.5 cm³/mol. The highest BCUT2D eigenvalue weighted by atomic mass is 19.4. The first-order valence-electron chi connectivity index (χ1n) is 8.19. The molecular weight excluding hydrogens is 410 g/mol. The first-order chi connectivity index (χ1) is 13.4. The number of ether oxygens (including phenoxy) is 2. The van der Waals surface area contributed by atoms with E-state index in [1.807, 2.05) is 0 Å². The minimum absolute atomic E-state index is 0.127. The number of aromatic nitrogens is 2. The molecule has 0 aliphatic rings. The van der Waals surface area contributed by atoms with Crippen molar-refractivity contribution in [1.29, 1.82) is 0 Å². The van der Waals surface area contributed by atoms with E-state index >= 15 is 0 Å². The van der Waals surface area contributed by atoms with Gasteiger partial charge in [-0.2, -0.15) is 26.3 Å². The molecule has 6 nitrogen and oxygen atoms in total. The van der Waals surface area contributed by atoms with E-state index < -0.39 is 58.2 Å². The average molecular weight is 424 g/mol. The van der Waals surface area contributed by atoms with Crippen LogP contribution in [0.3, 0.4) is 0 Å². The van der Waals surface area contributed by atoms with Crippen molar-refractivity contribution in [3.8, 4) is 0 Å². The standard InChI is InChI=1S/C17H14F6N2O4/c1-3-28-14(26)12(15(27)29-4-2)10-6-5-8-9(16(18,19)20)7-11(17(21,22)23)25-13(8)24-10/h5-7,12H,3-4H2,1-2H3. The molecule has 0 radical (unpaired) electrons. The maximum Gasteiger partial charge on any atom is 0.433 e. The molecule has 29 heavy (non-hydrogen) atoms. The lowest BCUT2D eigenvalue weighted by Gasteiger charge is -2.16. The van der Waals surface area contributed by atoms with Gasteiger partial charge >= 0.3 is 24.3 Å². The van der Waals surface area contributed by atoms with Gasteiger partial charge in [0.05, 0.1) is 24.5 Å². The molecule has 0 amide bonds. The molecule has 0 spiro atoms. The normalized spacial score (nSPS) is 12.3. The molecule has 0 saturated heterocycles. The monoisotopic (exact) mass is 424 g/mol. The van der Waals surface area contributed by atoms with Gasteiger partial charge in [0, 0.05) is 5.39 Å². The van der Waals surface area contributed by atoms with E-state index in [-0.39, 0.29) is 19.3 Å². The minimum Gasteiger partial charge on any atom is -0.465 e. The van der Waals surface area contributed by atoms with Crippen LogP contribution in [-0.4, -0.2) is 35.1 Å². The molecule has 158 valence electrons. The summed E-state index contributed by atoms with van der Waals surface area (Å²) in [6.45, 7) is 2.63. The Morgan fingerprint density at radius 2 is 1.48 bits per heavy atom. The number of pyridine rings is 2. The summed E-state index contributed by atoms with van der Waals surface area (Å²) >= 11 is 0. The Hall–Kier alpha value is -2.92. The number of carbonyl (C=O) groups is 2. The molecule has 2 rings (SSSR count). The lowest BCUT2D eigenvalue weighted by Crippen LogP contribution is -2.27. The van der Waals surface area contributed by atoms with Gasteiger partial charge < -0.3 is 9.47 Å². The fraction of sp³-hybridized carbons (Fsp3) is 0.412. The van der Waals surface area contributed by atoms with Crippen LogP contribution in [0.1, 0.15) is 36.7 Å². The summed E-state index contributed by atoms with van der Waals surface area (Å²) in [6, 6.07) is 1.57. The number of halogens is 6. The van der Waals surface area contributed by atoms with Crippen molar-refractivity contribution in [1.82, 2.24) is 9.97 Å². The second kappa shape index (κ2) is 8.21. The van der Waals surface area contributed by atoms with Crippen LogP contribution in [0.4, 0.5) is 26.3 Å². The maximum atomic E-state index is 13.2. The molecule has 12 heteroatoms. The zero-order valence-electron chi connectivity index (χ0n) is 15.0. The van der Waals surface area contributed by atoms with Crippen molar-refractivity contribution < 1.29 is 45.4 Å². The Balaban J connectivity index is 2.72. The molecule has 0 atom stereocenters. The van der Waals surface area contributed by atoms with E-state index in [1.165, 1.54) is 13.8 Å². The van der Waals surface area contributed by atoms with E-state index in [1.54, 1.807) is 0 Å². The fourth-order valence-electron chi connectivity index (χ4n) is 2.45. The third-order valence-electron chi connectivity index (χ3n) is 3.63. The van der Waals surface area contributed by atoms with Gasteiger partial charge in [0.2, 0.25) is 0 Å². The van der Waals surface area contributed by atoms with Gasteiger partial charge in [-0.1, -0.05) is 0 Å². The van der Waals surface area contributed by atoms with E-state index in [0.29, 0.717) is 0 Å². The van der Waals surface area contributed by atoms with Gasteiger partial charge in [0.1, 0.15) is 5.69 Å². The Bertz CT molecular complexity index is 909. The van der Waals surface area contributed by atoms with Gasteiger partial charge in [-0.15, -0.1) is 0 Å². The highest BCUT2D eigenvalue weighted by Gasteiger charge is 2.40. The summed E-state index contributed by atoms with van der Waals surface area (Å²) in [5.41, 5.74) is -4.79. The summed E-state index contributed by atoms with van der Waals surface area (Å²) in [4.78, 5) is 31.0. The van der Waals surface area contributed by atoms with Gasteiger partial charge in [-0.05, 0) is 32.0 Å². The molecule has 0 aliphatic carbocycles. The lowest BCUT2D eigenvalue weighted by molar-refractivity contribution is -0.157. The third kappa shape index (κ3) is 4.93. The Labute approximate surface area is 159 Å². The smallest absolute Gasteiger partial charge is 0.433 e.